The zero-order chi connectivity index (χ0) is 13.6. The largest absolute Gasteiger partial charge is 0.106 e. The molecule has 0 N–H and O–H groups in total. The van der Waals surface area contributed by atoms with E-state index in [4.69, 9.17) is 0 Å². The molecule has 0 radical (unpaired) electrons. The van der Waals surface area contributed by atoms with Crippen LogP contribution in [-0.4, -0.2) is 0 Å². The Bertz CT molecular complexity index is 337. The second-order valence-electron chi connectivity index (χ2n) is 3.71. The number of allylic oxidation sites excluding steroid dienone is 10. The Morgan fingerprint density at radius 1 is 0.944 bits per heavy atom. The summed E-state index contributed by atoms with van der Waals surface area (Å²) in [6.45, 7) is 10.0. The van der Waals surface area contributed by atoms with E-state index in [-0.39, 0.29) is 0 Å². The summed E-state index contributed by atoms with van der Waals surface area (Å²) in [4.78, 5) is 0. The van der Waals surface area contributed by atoms with Gasteiger partial charge in [-0.3, -0.25) is 0 Å². The fourth-order valence-electron chi connectivity index (χ4n) is 1.83. The molecule has 0 aromatic rings. The standard InChI is InChI=1S/C14H16.C2H6.C2H4/c1-2-6-10-13(9-5-1)14-11-7-3-4-8-12-14;2*1-2/h1,3,5-10,12,14H,2,4,11H2;1-2H3;1-2H2. The molecule has 0 heterocycles. The van der Waals surface area contributed by atoms with Crippen molar-refractivity contribution in [1.29, 1.82) is 0 Å². The Morgan fingerprint density at radius 2 is 1.67 bits per heavy atom. The quantitative estimate of drug-likeness (QED) is 0.511. The summed E-state index contributed by atoms with van der Waals surface area (Å²) >= 11 is 0. The molecular weight excluding hydrogens is 216 g/mol. The van der Waals surface area contributed by atoms with Gasteiger partial charge in [-0.2, -0.15) is 0 Å². The third kappa shape index (κ3) is 6.24. The minimum atomic E-state index is 0.577. The Balaban J connectivity index is 0.000000659. The first-order chi connectivity index (χ1) is 8.97. The highest BCUT2D eigenvalue weighted by Gasteiger charge is 2.08. The normalized spacial score (nSPS) is 20.6. The van der Waals surface area contributed by atoms with Crippen molar-refractivity contribution in [3.05, 3.63) is 73.4 Å². The van der Waals surface area contributed by atoms with Gasteiger partial charge in [-0.25, -0.2) is 0 Å². The van der Waals surface area contributed by atoms with Gasteiger partial charge in [0.15, 0.2) is 0 Å². The Kier molecular flexibility index (Phi) is 10.9. The summed E-state index contributed by atoms with van der Waals surface area (Å²) in [5.74, 6) is 0.577. The summed E-state index contributed by atoms with van der Waals surface area (Å²) in [5.41, 5.74) is 1.43. The van der Waals surface area contributed by atoms with E-state index in [1.807, 2.05) is 13.8 Å². The third-order valence-corrected chi connectivity index (χ3v) is 2.63. The van der Waals surface area contributed by atoms with Crippen LogP contribution in [0.1, 0.15) is 33.1 Å². The van der Waals surface area contributed by atoms with Gasteiger partial charge in [0.2, 0.25) is 0 Å². The van der Waals surface area contributed by atoms with E-state index < -0.39 is 0 Å². The van der Waals surface area contributed by atoms with Crippen molar-refractivity contribution >= 4 is 0 Å². The lowest BCUT2D eigenvalue weighted by Gasteiger charge is -2.10. The number of hydrogen-bond acceptors (Lipinski definition) is 0. The first kappa shape index (κ1) is 16.4. The average Bonchev–Trinajstić information content (AvgIpc) is 2.88. The van der Waals surface area contributed by atoms with Gasteiger partial charge in [0.05, 0.1) is 0 Å². The maximum atomic E-state index is 3.00. The van der Waals surface area contributed by atoms with Crippen molar-refractivity contribution in [2.75, 3.05) is 0 Å². The Labute approximate surface area is 113 Å². The van der Waals surface area contributed by atoms with Crippen LogP contribution in [0.15, 0.2) is 73.4 Å². The van der Waals surface area contributed by atoms with Crippen molar-refractivity contribution in [3.63, 3.8) is 0 Å². The van der Waals surface area contributed by atoms with Crippen LogP contribution in [0.4, 0.5) is 0 Å². The molecule has 2 aliphatic rings. The molecule has 0 bridgehead atoms. The Morgan fingerprint density at radius 3 is 2.44 bits per heavy atom. The minimum absolute atomic E-state index is 0.577. The van der Waals surface area contributed by atoms with E-state index in [0.717, 1.165) is 19.3 Å². The van der Waals surface area contributed by atoms with Gasteiger partial charge in [0.25, 0.3) is 0 Å². The van der Waals surface area contributed by atoms with Crippen molar-refractivity contribution in [2.45, 2.75) is 33.1 Å². The molecule has 0 fully saturated rings. The first-order valence-corrected chi connectivity index (χ1v) is 6.82. The highest BCUT2D eigenvalue weighted by atomic mass is 14.1. The molecular formula is C18H26. The smallest absolute Gasteiger partial charge is 0.00524 e. The molecule has 0 saturated carbocycles. The minimum Gasteiger partial charge on any atom is -0.106 e. The molecule has 0 spiro atoms. The zero-order valence-electron chi connectivity index (χ0n) is 11.8. The molecule has 0 aromatic carbocycles. The average molecular weight is 242 g/mol. The molecule has 0 heteroatoms. The summed E-state index contributed by atoms with van der Waals surface area (Å²) in [5, 5.41) is 0. The van der Waals surface area contributed by atoms with Crippen LogP contribution in [0.25, 0.3) is 0 Å². The van der Waals surface area contributed by atoms with Crippen molar-refractivity contribution in [1.82, 2.24) is 0 Å². The highest BCUT2D eigenvalue weighted by molar-refractivity contribution is 5.33. The predicted octanol–water partition coefficient (Wildman–Crippen LogP) is 5.78. The molecule has 98 valence electrons. The Hall–Kier alpha value is -1.56. The second-order valence-corrected chi connectivity index (χ2v) is 3.71. The van der Waals surface area contributed by atoms with E-state index in [0.29, 0.717) is 5.92 Å². The first-order valence-electron chi connectivity index (χ1n) is 6.82. The number of rotatable bonds is 1. The molecule has 0 saturated heterocycles. The molecule has 0 amide bonds. The summed E-state index contributed by atoms with van der Waals surface area (Å²) in [6.07, 6.45) is 23.5. The van der Waals surface area contributed by atoms with Gasteiger partial charge in [-0.15, -0.1) is 13.2 Å². The van der Waals surface area contributed by atoms with E-state index in [2.05, 4.69) is 67.8 Å². The van der Waals surface area contributed by atoms with Gasteiger partial charge >= 0.3 is 0 Å². The maximum absolute atomic E-state index is 3.00. The SMILES string of the molecule is C1=CCC=CC(C2C=CCC=CC2)=C1.C=C.CC. The molecule has 1 unspecified atom stereocenters. The van der Waals surface area contributed by atoms with Crippen molar-refractivity contribution in [2.24, 2.45) is 5.92 Å². The van der Waals surface area contributed by atoms with Crippen LogP contribution in [0.5, 0.6) is 0 Å². The van der Waals surface area contributed by atoms with Gasteiger partial charge < -0.3 is 0 Å². The van der Waals surface area contributed by atoms with E-state index in [1.54, 1.807) is 0 Å². The number of hydrogen-bond donors (Lipinski definition) is 0. The second kappa shape index (κ2) is 11.9. The van der Waals surface area contributed by atoms with Crippen LogP contribution >= 0.6 is 0 Å². The van der Waals surface area contributed by atoms with E-state index >= 15 is 0 Å². The van der Waals surface area contributed by atoms with Gasteiger partial charge in [-0.1, -0.05) is 68.5 Å². The monoisotopic (exact) mass is 242 g/mol. The molecule has 2 rings (SSSR count). The van der Waals surface area contributed by atoms with Gasteiger partial charge in [0, 0.05) is 5.92 Å². The lowest BCUT2D eigenvalue weighted by atomic mass is 9.95. The fourth-order valence-corrected chi connectivity index (χ4v) is 1.83. The lowest BCUT2D eigenvalue weighted by molar-refractivity contribution is 0.799. The highest BCUT2D eigenvalue weighted by Crippen LogP contribution is 2.23. The molecule has 0 aromatic heterocycles. The molecule has 18 heavy (non-hydrogen) atoms. The van der Waals surface area contributed by atoms with Crippen LogP contribution < -0.4 is 0 Å². The van der Waals surface area contributed by atoms with Gasteiger partial charge in [0.1, 0.15) is 0 Å². The summed E-state index contributed by atoms with van der Waals surface area (Å²) in [7, 11) is 0. The lowest BCUT2D eigenvalue weighted by Crippen LogP contribution is -1.96. The van der Waals surface area contributed by atoms with Crippen LogP contribution in [-0.2, 0) is 0 Å². The topological polar surface area (TPSA) is 0 Å². The van der Waals surface area contributed by atoms with Gasteiger partial charge in [-0.05, 0) is 24.8 Å². The zero-order valence-corrected chi connectivity index (χ0v) is 11.8. The van der Waals surface area contributed by atoms with E-state index in [1.165, 1.54) is 5.57 Å². The molecule has 0 nitrogen and oxygen atoms in total. The van der Waals surface area contributed by atoms with Crippen molar-refractivity contribution < 1.29 is 0 Å². The van der Waals surface area contributed by atoms with Crippen LogP contribution in [0.2, 0.25) is 0 Å². The van der Waals surface area contributed by atoms with E-state index in [9.17, 15) is 0 Å². The fraction of sp³-hybridized carbons (Fsp3) is 0.333. The summed E-state index contributed by atoms with van der Waals surface area (Å²) < 4.78 is 0. The third-order valence-electron chi connectivity index (χ3n) is 2.63. The maximum Gasteiger partial charge on any atom is 0.00524 e. The van der Waals surface area contributed by atoms with Crippen LogP contribution in [0.3, 0.4) is 0 Å². The van der Waals surface area contributed by atoms with Crippen molar-refractivity contribution in [3.8, 4) is 0 Å². The molecule has 0 aliphatic heterocycles. The summed E-state index contributed by atoms with van der Waals surface area (Å²) in [6, 6.07) is 0. The predicted molar refractivity (Wildman–Crippen MR) is 84.6 cm³/mol. The molecule has 1 atom stereocenters. The van der Waals surface area contributed by atoms with Crippen LogP contribution in [0, 0.1) is 5.92 Å². The molecule has 2 aliphatic carbocycles.